The maximum absolute atomic E-state index is 9.10. The molecule has 0 saturated carbocycles. The summed E-state index contributed by atoms with van der Waals surface area (Å²) in [5, 5.41) is 20.2. The molecular formula is C18H14N2O2. The van der Waals surface area contributed by atoms with Crippen LogP contribution in [-0.2, 0) is 0 Å². The van der Waals surface area contributed by atoms with Gasteiger partial charge in [0.25, 0.3) is 5.88 Å². The van der Waals surface area contributed by atoms with Crippen molar-refractivity contribution in [3.63, 3.8) is 0 Å². The van der Waals surface area contributed by atoms with Crippen LogP contribution in [0.15, 0.2) is 72.9 Å². The molecule has 2 heterocycles. The number of aromatic nitrogens is 2. The van der Waals surface area contributed by atoms with E-state index in [1.54, 1.807) is 6.07 Å². The normalized spacial score (nSPS) is 10.2. The zero-order valence-electron chi connectivity index (χ0n) is 11.7. The molecule has 108 valence electrons. The van der Waals surface area contributed by atoms with Crippen molar-refractivity contribution in [2.24, 2.45) is 0 Å². The Morgan fingerprint density at radius 1 is 0.682 bits per heavy atom. The third-order valence-electron chi connectivity index (χ3n) is 3.20. The molecule has 4 nitrogen and oxygen atoms in total. The van der Waals surface area contributed by atoms with Gasteiger partial charge in [-0.1, -0.05) is 42.5 Å². The molecule has 0 aliphatic carbocycles. The van der Waals surface area contributed by atoms with Crippen LogP contribution in [0.3, 0.4) is 0 Å². The minimum absolute atomic E-state index is 0.186. The lowest BCUT2D eigenvalue weighted by Crippen LogP contribution is -1.78. The first kappa shape index (κ1) is 13.8. The molecule has 0 aliphatic heterocycles. The molecule has 4 heteroatoms. The molecule has 2 N–H and O–H groups in total. The SMILES string of the molecule is Oc1cc2ccccc2nc1O.c1ccc2ncccc2c1. The van der Waals surface area contributed by atoms with Crippen molar-refractivity contribution in [1.29, 1.82) is 0 Å². The Kier molecular flexibility index (Phi) is 3.83. The monoisotopic (exact) mass is 290 g/mol. The number of aromatic hydroxyl groups is 2. The summed E-state index contributed by atoms with van der Waals surface area (Å²) in [6.07, 6.45) is 1.81. The van der Waals surface area contributed by atoms with E-state index in [1.165, 1.54) is 11.5 Å². The molecule has 22 heavy (non-hydrogen) atoms. The number of pyridine rings is 2. The molecule has 4 rings (SSSR count). The average molecular weight is 290 g/mol. The van der Waals surface area contributed by atoms with Crippen molar-refractivity contribution in [3.05, 3.63) is 72.9 Å². The van der Waals surface area contributed by atoms with Crippen LogP contribution >= 0.6 is 0 Å². The van der Waals surface area contributed by atoms with Gasteiger partial charge in [0, 0.05) is 17.0 Å². The van der Waals surface area contributed by atoms with Gasteiger partial charge in [-0.3, -0.25) is 4.98 Å². The first-order valence-electron chi connectivity index (χ1n) is 6.81. The van der Waals surface area contributed by atoms with Crippen LogP contribution in [0.2, 0.25) is 0 Å². The third kappa shape index (κ3) is 2.96. The molecule has 4 aromatic rings. The molecule has 2 aromatic heterocycles. The Bertz CT molecular complexity index is 817. The second-order valence-corrected chi connectivity index (χ2v) is 4.72. The molecular weight excluding hydrogens is 276 g/mol. The Labute approximate surface area is 127 Å². The summed E-state index contributed by atoms with van der Waals surface area (Å²) < 4.78 is 0. The van der Waals surface area contributed by atoms with E-state index in [9.17, 15) is 0 Å². The minimum Gasteiger partial charge on any atom is -0.503 e. The van der Waals surface area contributed by atoms with E-state index < -0.39 is 0 Å². The van der Waals surface area contributed by atoms with Gasteiger partial charge in [-0.05, 0) is 24.3 Å². The van der Waals surface area contributed by atoms with Crippen molar-refractivity contribution >= 4 is 21.8 Å². The smallest absolute Gasteiger partial charge is 0.254 e. The van der Waals surface area contributed by atoms with Gasteiger partial charge in [0.2, 0.25) is 0 Å². The van der Waals surface area contributed by atoms with E-state index >= 15 is 0 Å². The zero-order valence-corrected chi connectivity index (χ0v) is 11.7. The summed E-state index contributed by atoms with van der Waals surface area (Å²) in [5.74, 6) is -0.512. The molecule has 0 aliphatic rings. The van der Waals surface area contributed by atoms with Crippen molar-refractivity contribution < 1.29 is 10.2 Å². The summed E-state index contributed by atoms with van der Waals surface area (Å²) in [4.78, 5) is 7.96. The van der Waals surface area contributed by atoms with E-state index in [1.807, 2.05) is 48.7 Å². The van der Waals surface area contributed by atoms with Gasteiger partial charge in [-0.2, -0.15) is 0 Å². The van der Waals surface area contributed by atoms with Crippen molar-refractivity contribution in [2.45, 2.75) is 0 Å². The molecule has 0 unspecified atom stereocenters. The predicted molar refractivity (Wildman–Crippen MR) is 86.8 cm³/mol. The fourth-order valence-corrected chi connectivity index (χ4v) is 2.11. The number of hydrogen-bond acceptors (Lipinski definition) is 4. The zero-order chi connectivity index (χ0) is 15.4. The number of fused-ring (bicyclic) bond motifs is 2. The maximum Gasteiger partial charge on any atom is 0.254 e. The Morgan fingerprint density at radius 3 is 2.09 bits per heavy atom. The van der Waals surface area contributed by atoms with Gasteiger partial charge >= 0.3 is 0 Å². The number of para-hydroxylation sites is 2. The van der Waals surface area contributed by atoms with Gasteiger partial charge in [0.15, 0.2) is 5.75 Å². The van der Waals surface area contributed by atoms with Crippen LogP contribution in [0.4, 0.5) is 0 Å². The molecule has 0 amide bonds. The summed E-state index contributed by atoms with van der Waals surface area (Å²) >= 11 is 0. The Balaban J connectivity index is 0.000000133. The fourth-order valence-electron chi connectivity index (χ4n) is 2.11. The maximum atomic E-state index is 9.10. The molecule has 0 atom stereocenters. The predicted octanol–water partition coefficient (Wildman–Crippen LogP) is 3.88. The number of nitrogens with zero attached hydrogens (tertiary/aromatic N) is 2. The largest absolute Gasteiger partial charge is 0.503 e. The first-order chi connectivity index (χ1) is 10.7. The number of rotatable bonds is 0. The highest BCUT2D eigenvalue weighted by Crippen LogP contribution is 2.25. The Morgan fingerprint density at radius 2 is 1.32 bits per heavy atom. The first-order valence-corrected chi connectivity index (χ1v) is 6.81. The number of hydrogen-bond donors (Lipinski definition) is 2. The lowest BCUT2D eigenvalue weighted by Gasteiger charge is -1.98. The lowest BCUT2D eigenvalue weighted by molar-refractivity contribution is 0.391. The summed E-state index contributed by atoms with van der Waals surface area (Å²) in [5.41, 5.74) is 1.73. The van der Waals surface area contributed by atoms with Gasteiger partial charge in [0.1, 0.15) is 0 Å². The van der Waals surface area contributed by atoms with Gasteiger partial charge in [-0.15, -0.1) is 0 Å². The molecule has 0 fully saturated rings. The van der Waals surface area contributed by atoms with E-state index in [0.717, 1.165) is 10.9 Å². The van der Waals surface area contributed by atoms with Crippen molar-refractivity contribution in [3.8, 4) is 11.6 Å². The van der Waals surface area contributed by atoms with E-state index in [2.05, 4.69) is 22.1 Å². The van der Waals surface area contributed by atoms with Gasteiger partial charge < -0.3 is 10.2 Å². The highest BCUT2D eigenvalue weighted by atomic mass is 16.3. The van der Waals surface area contributed by atoms with E-state index in [0.29, 0.717) is 5.52 Å². The lowest BCUT2D eigenvalue weighted by atomic mass is 10.2. The molecule has 0 bridgehead atoms. The van der Waals surface area contributed by atoms with Crippen molar-refractivity contribution in [1.82, 2.24) is 9.97 Å². The summed E-state index contributed by atoms with van der Waals surface area (Å²) in [6, 6.07) is 20.8. The van der Waals surface area contributed by atoms with Gasteiger partial charge in [0.05, 0.1) is 11.0 Å². The topological polar surface area (TPSA) is 66.2 Å². The van der Waals surface area contributed by atoms with E-state index in [-0.39, 0.29) is 11.6 Å². The highest BCUT2D eigenvalue weighted by molar-refractivity contribution is 5.80. The summed E-state index contributed by atoms with van der Waals surface area (Å²) in [6.45, 7) is 0. The molecule has 0 radical (unpaired) electrons. The fraction of sp³-hybridized carbons (Fsp3) is 0. The minimum atomic E-state index is -0.325. The second kappa shape index (κ2) is 6.10. The standard InChI is InChI=1S/C9H7NO2.C9H7N/c11-8-5-6-3-1-2-4-7(6)10-9(8)12;1-2-6-9-8(4-1)5-3-7-10-9/h1-5,11H,(H,10,12);1-7H. The van der Waals surface area contributed by atoms with E-state index in [4.69, 9.17) is 10.2 Å². The average Bonchev–Trinajstić information content (AvgIpc) is 2.57. The van der Waals surface area contributed by atoms with Crippen LogP contribution < -0.4 is 0 Å². The van der Waals surface area contributed by atoms with Crippen LogP contribution in [0.5, 0.6) is 11.6 Å². The number of benzene rings is 2. The molecule has 0 saturated heterocycles. The van der Waals surface area contributed by atoms with Crippen LogP contribution in [0, 0.1) is 0 Å². The quantitative estimate of drug-likeness (QED) is 0.516. The van der Waals surface area contributed by atoms with Crippen LogP contribution in [0.1, 0.15) is 0 Å². The van der Waals surface area contributed by atoms with Gasteiger partial charge in [-0.25, -0.2) is 4.98 Å². The Hall–Kier alpha value is -3.14. The molecule has 2 aromatic carbocycles. The van der Waals surface area contributed by atoms with Crippen molar-refractivity contribution in [2.75, 3.05) is 0 Å². The second-order valence-electron chi connectivity index (χ2n) is 4.72. The molecule has 0 spiro atoms. The summed E-state index contributed by atoms with van der Waals surface area (Å²) in [7, 11) is 0. The highest BCUT2D eigenvalue weighted by Gasteiger charge is 2.01. The van der Waals surface area contributed by atoms with Crippen LogP contribution in [-0.4, -0.2) is 20.2 Å². The third-order valence-corrected chi connectivity index (χ3v) is 3.20. The van der Waals surface area contributed by atoms with Crippen LogP contribution in [0.25, 0.3) is 21.8 Å².